The molecule has 4 N–H and O–H groups in total. The van der Waals surface area contributed by atoms with E-state index in [4.69, 9.17) is 16.3 Å². The Morgan fingerprint density at radius 2 is 1.92 bits per heavy atom. The number of carbonyl (C=O) groups is 1. The van der Waals surface area contributed by atoms with Gasteiger partial charge >= 0.3 is 6.61 Å². The number of anilines is 5. The van der Waals surface area contributed by atoms with Crippen molar-refractivity contribution in [1.29, 1.82) is 0 Å². The molecule has 9 nitrogen and oxygen atoms in total. The largest absolute Gasteiger partial charge is 0.433 e. The molecule has 2 bridgehead atoms. The van der Waals surface area contributed by atoms with Crippen LogP contribution in [-0.2, 0) is 6.54 Å². The maximum absolute atomic E-state index is 13.3. The molecule has 6 rings (SSSR count). The minimum atomic E-state index is -3.00. The van der Waals surface area contributed by atoms with Gasteiger partial charge in [-0.05, 0) is 36.6 Å². The number of hydrogen-bond donors (Lipinski definition) is 4. The SMILES string of the molecule is O=C1NCc2cccc(Nc3nc(Nc4ccc(N5[C@@H]6CC[C@H]5CNC6)cc4OC(F)F)ncc3Cl)c21. The van der Waals surface area contributed by atoms with E-state index in [1.807, 2.05) is 18.2 Å². The number of aromatic nitrogens is 2. The van der Waals surface area contributed by atoms with Crippen LogP contribution in [0.2, 0.25) is 5.02 Å². The number of hydrogen-bond acceptors (Lipinski definition) is 8. The number of amides is 1. The van der Waals surface area contributed by atoms with E-state index in [0.29, 0.717) is 35.6 Å². The second kappa shape index (κ2) is 9.64. The third-order valence-corrected chi connectivity index (χ3v) is 7.20. The summed E-state index contributed by atoms with van der Waals surface area (Å²) < 4.78 is 31.5. The minimum Gasteiger partial charge on any atom is -0.433 e. The highest BCUT2D eigenvalue weighted by molar-refractivity contribution is 6.33. The lowest BCUT2D eigenvalue weighted by molar-refractivity contribution is -0.0493. The number of halogens is 3. The van der Waals surface area contributed by atoms with Crippen LogP contribution >= 0.6 is 11.6 Å². The van der Waals surface area contributed by atoms with Crippen molar-refractivity contribution in [2.75, 3.05) is 28.6 Å². The van der Waals surface area contributed by atoms with Gasteiger partial charge in [0, 0.05) is 43.5 Å². The zero-order chi connectivity index (χ0) is 25.5. The molecule has 1 aromatic heterocycles. The second-order valence-electron chi connectivity index (χ2n) is 9.17. The minimum absolute atomic E-state index is 0.00366. The number of ether oxygens (including phenoxy) is 1. The third-order valence-electron chi connectivity index (χ3n) is 6.92. The van der Waals surface area contributed by atoms with Gasteiger partial charge in [-0.1, -0.05) is 23.7 Å². The van der Waals surface area contributed by atoms with Gasteiger partial charge in [0.05, 0.1) is 23.1 Å². The first kappa shape index (κ1) is 23.7. The zero-order valence-electron chi connectivity index (χ0n) is 19.6. The number of fused-ring (bicyclic) bond motifs is 3. The Balaban J connectivity index is 1.28. The van der Waals surface area contributed by atoms with Crippen LogP contribution in [0.3, 0.4) is 0 Å². The van der Waals surface area contributed by atoms with E-state index in [9.17, 15) is 13.6 Å². The first-order valence-corrected chi connectivity index (χ1v) is 12.4. The van der Waals surface area contributed by atoms with Gasteiger partial charge in [-0.15, -0.1) is 0 Å². The average Bonchev–Trinajstić information content (AvgIpc) is 3.38. The van der Waals surface area contributed by atoms with Gasteiger partial charge in [-0.3, -0.25) is 4.79 Å². The lowest BCUT2D eigenvalue weighted by atomic mass is 10.1. The van der Waals surface area contributed by atoms with E-state index in [2.05, 4.69) is 36.1 Å². The highest BCUT2D eigenvalue weighted by Crippen LogP contribution is 2.38. The number of nitrogens with one attached hydrogen (secondary N) is 4. The summed E-state index contributed by atoms with van der Waals surface area (Å²) in [7, 11) is 0. The smallest absolute Gasteiger partial charge is 0.387 e. The van der Waals surface area contributed by atoms with E-state index in [-0.39, 0.29) is 28.4 Å². The number of piperazine rings is 1. The van der Waals surface area contributed by atoms with Crippen LogP contribution in [0.25, 0.3) is 0 Å². The van der Waals surface area contributed by atoms with Gasteiger partial charge in [-0.2, -0.15) is 13.8 Å². The summed E-state index contributed by atoms with van der Waals surface area (Å²) >= 11 is 6.33. The van der Waals surface area contributed by atoms with Crippen LogP contribution in [0.1, 0.15) is 28.8 Å². The number of carbonyl (C=O) groups excluding carboxylic acids is 1. The van der Waals surface area contributed by atoms with Gasteiger partial charge < -0.3 is 30.9 Å². The van der Waals surface area contributed by atoms with Gasteiger partial charge in [0.1, 0.15) is 5.02 Å². The van der Waals surface area contributed by atoms with Crippen LogP contribution in [-0.4, -0.2) is 47.7 Å². The Morgan fingerprint density at radius 3 is 2.70 bits per heavy atom. The number of alkyl halides is 2. The topological polar surface area (TPSA) is 103 Å². The summed E-state index contributed by atoms with van der Waals surface area (Å²) in [5.41, 5.74) is 3.07. The van der Waals surface area contributed by atoms with Gasteiger partial charge in [-0.25, -0.2) is 4.98 Å². The van der Waals surface area contributed by atoms with Crippen LogP contribution in [0.5, 0.6) is 5.75 Å². The quantitative estimate of drug-likeness (QED) is 0.358. The lowest BCUT2D eigenvalue weighted by Gasteiger charge is -2.37. The monoisotopic (exact) mass is 527 g/mol. The molecule has 3 aromatic rings. The van der Waals surface area contributed by atoms with E-state index in [1.54, 1.807) is 18.2 Å². The molecule has 3 aliphatic rings. The maximum Gasteiger partial charge on any atom is 0.387 e. The Kier molecular flexibility index (Phi) is 6.17. The summed E-state index contributed by atoms with van der Waals surface area (Å²) in [6, 6.07) is 11.3. The Hall–Kier alpha value is -3.70. The standard InChI is InChI=1S/C25H24ClF2N7O2/c26-17-12-31-25(34-22(17)32-19-3-1-2-13-9-30-23(36)21(13)19)33-18-7-6-14(8-20(18)37-24(27)28)35-15-4-5-16(35)11-29-10-15/h1-3,6-8,12,15-16,24,29H,4-5,9-11H2,(H,30,36)(H2,31,32,33,34)/t15-,16+. The molecule has 2 saturated heterocycles. The van der Waals surface area contributed by atoms with Crippen LogP contribution < -0.4 is 30.9 Å². The predicted molar refractivity (Wildman–Crippen MR) is 136 cm³/mol. The fraction of sp³-hybridized carbons (Fsp3) is 0.320. The van der Waals surface area contributed by atoms with Crippen molar-refractivity contribution in [3.8, 4) is 5.75 Å². The molecule has 0 radical (unpaired) electrons. The van der Waals surface area contributed by atoms with Crippen molar-refractivity contribution in [3.63, 3.8) is 0 Å². The highest BCUT2D eigenvalue weighted by atomic mass is 35.5. The van der Waals surface area contributed by atoms with E-state index >= 15 is 0 Å². The summed E-state index contributed by atoms with van der Waals surface area (Å²) in [4.78, 5) is 23.2. The third kappa shape index (κ3) is 4.60. The maximum atomic E-state index is 13.3. The number of rotatable bonds is 7. The van der Waals surface area contributed by atoms with E-state index in [0.717, 1.165) is 37.2 Å². The summed E-state index contributed by atoms with van der Waals surface area (Å²) in [6.07, 6.45) is 3.51. The lowest BCUT2D eigenvalue weighted by Crippen LogP contribution is -2.51. The fourth-order valence-corrected chi connectivity index (χ4v) is 5.45. The molecule has 1 amide bonds. The molecule has 192 valence electrons. The second-order valence-corrected chi connectivity index (χ2v) is 9.58. The number of nitrogens with zero attached hydrogens (tertiary/aromatic N) is 3. The van der Waals surface area contributed by atoms with E-state index in [1.165, 1.54) is 6.20 Å². The van der Waals surface area contributed by atoms with Crippen molar-refractivity contribution >= 4 is 46.3 Å². The van der Waals surface area contributed by atoms with Crippen LogP contribution in [0, 0.1) is 0 Å². The summed E-state index contributed by atoms with van der Waals surface area (Å²) in [6.45, 7) is -0.818. The average molecular weight is 528 g/mol. The molecule has 0 unspecified atom stereocenters. The molecular weight excluding hydrogens is 504 g/mol. The van der Waals surface area contributed by atoms with Crippen molar-refractivity contribution in [1.82, 2.24) is 20.6 Å². The molecule has 0 spiro atoms. The van der Waals surface area contributed by atoms with E-state index < -0.39 is 6.61 Å². The molecule has 2 fully saturated rings. The van der Waals surface area contributed by atoms with Crippen LogP contribution in [0.15, 0.2) is 42.6 Å². The van der Waals surface area contributed by atoms with Crippen molar-refractivity contribution in [3.05, 3.63) is 58.7 Å². The van der Waals surface area contributed by atoms with Crippen LogP contribution in [0.4, 0.5) is 37.6 Å². The normalized spacial score (nSPS) is 20.1. The first-order valence-electron chi connectivity index (χ1n) is 12.0. The van der Waals surface area contributed by atoms with Crippen molar-refractivity contribution in [2.24, 2.45) is 0 Å². The summed E-state index contributed by atoms with van der Waals surface area (Å²) in [5, 5.41) is 12.5. The molecule has 3 aliphatic heterocycles. The van der Waals surface area contributed by atoms with Gasteiger partial charge in [0.2, 0.25) is 5.95 Å². The number of benzene rings is 2. The predicted octanol–water partition coefficient (Wildman–Crippen LogP) is 4.40. The molecule has 4 heterocycles. The molecule has 2 aromatic carbocycles. The molecular formula is C25H24ClF2N7O2. The molecule has 37 heavy (non-hydrogen) atoms. The van der Waals surface area contributed by atoms with Crippen molar-refractivity contribution < 1.29 is 18.3 Å². The Morgan fingerprint density at radius 1 is 1.11 bits per heavy atom. The first-order chi connectivity index (χ1) is 18.0. The summed E-state index contributed by atoms with van der Waals surface area (Å²) in [5.74, 6) is 0.195. The molecule has 0 saturated carbocycles. The zero-order valence-corrected chi connectivity index (χ0v) is 20.4. The fourth-order valence-electron chi connectivity index (χ4n) is 5.32. The Labute approximate surface area is 216 Å². The molecule has 12 heteroatoms. The molecule has 2 atom stereocenters. The highest BCUT2D eigenvalue weighted by Gasteiger charge is 2.36. The van der Waals surface area contributed by atoms with Gasteiger partial charge in [0.25, 0.3) is 5.91 Å². The van der Waals surface area contributed by atoms with Crippen molar-refractivity contribution in [2.45, 2.75) is 38.1 Å². The molecule has 0 aliphatic carbocycles. The van der Waals surface area contributed by atoms with Gasteiger partial charge in [0.15, 0.2) is 11.6 Å². The Bertz CT molecular complexity index is 1340.